The van der Waals surface area contributed by atoms with Gasteiger partial charge in [0.1, 0.15) is 5.69 Å². The summed E-state index contributed by atoms with van der Waals surface area (Å²) < 4.78 is 2.08. The topological polar surface area (TPSA) is 33.0 Å². The number of hydrogen-bond acceptors (Lipinski definition) is 2. The summed E-state index contributed by atoms with van der Waals surface area (Å²) in [4.78, 5) is 11.5. The van der Waals surface area contributed by atoms with E-state index >= 15 is 0 Å². The predicted octanol–water partition coefficient (Wildman–Crippen LogP) is 0.963. The normalized spacial score (nSPS) is 10.0. The largest absolute Gasteiger partial charge is 1.00 e. The molecule has 0 saturated heterocycles. The summed E-state index contributed by atoms with van der Waals surface area (Å²) in [6, 6.07) is 18.5. The van der Waals surface area contributed by atoms with Gasteiger partial charge in [0.15, 0.2) is 5.69 Å². The van der Waals surface area contributed by atoms with Gasteiger partial charge in [-0.1, -0.05) is 59.4 Å². The van der Waals surface area contributed by atoms with Crippen molar-refractivity contribution >= 4 is 22.4 Å². The van der Waals surface area contributed by atoms with Gasteiger partial charge in [-0.05, 0) is 19.1 Å². The number of rotatable bonds is 3. The molecule has 1 heterocycles. The predicted molar refractivity (Wildman–Crippen MR) is 90.3 cm³/mol. The van der Waals surface area contributed by atoms with E-state index < -0.39 is 0 Å². The summed E-state index contributed by atoms with van der Waals surface area (Å²) in [6.07, 6.45) is 0. The minimum absolute atomic E-state index is 0. The Morgan fingerprint density at radius 2 is 1.70 bits per heavy atom. The van der Waals surface area contributed by atoms with Crippen LogP contribution in [0.15, 0.2) is 60.0 Å². The Kier molecular flexibility index (Phi) is 5.69. The van der Waals surface area contributed by atoms with Crippen molar-refractivity contribution in [3.05, 3.63) is 65.5 Å². The Morgan fingerprint density at radius 3 is 2.30 bits per heavy atom. The number of amides is 1. The fourth-order valence-electron chi connectivity index (χ4n) is 2.32. The first kappa shape index (κ1) is 17.4. The highest BCUT2D eigenvalue weighted by atomic mass is 79.9. The molecular formula is C18H17BrN2OS. The molecule has 0 bridgehead atoms. The van der Waals surface area contributed by atoms with Crippen LogP contribution in [-0.2, 0) is 4.79 Å². The molecule has 5 heteroatoms. The molecule has 0 aliphatic rings. The molecule has 23 heavy (non-hydrogen) atoms. The molecule has 0 radical (unpaired) electrons. The van der Waals surface area contributed by atoms with Gasteiger partial charge in [-0.25, -0.2) is 10.1 Å². The van der Waals surface area contributed by atoms with E-state index in [4.69, 9.17) is 0 Å². The SMILES string of the molecule is CC(=O)Nc1scc(-c2ccccc2)[n+]1-c1ccc(C)cc1.[Br-]. The third kappa shape index (κ3) is 3.86. The van der Waals surface area contributed by atoms with E-state index in [9.17, 15) is 4.79 Å². The number of aromatic nitrogens is 1. The van der Waals surface area contributed by atoms with Gasteiger partial charge in [-0.3, -0.25) is 0 Å². The van der Waals surface area contributed by atoms with Crippen molar-refractivity contribution < 1.29 is 26.3 Å². The van der Waals surface area contributed by atoms with Crippen molar-refractivity contribution in [3.63, 3.8) is 0 Å². The lowest BCUT2D eigenvalue weighted by atomic mass is 10.1. The van der Waals surface area contributed by atoms with Crippen LogP contribution in [0.2, 0.25) is 0 Å². The number of carbonyl (C=O) groups is 1. The molecule has 3 nitrogen and oxygen atoms in total. The van der Waals surface area contributed by atoms with E-state index in [2.05, 4.69) is 58.6 Å². The van der Waals surface area contributed by atoms with Crippen molar-refractivity contribution in [2.75, 3.05) is 5.32 Å². The lowest BCUT2D eigenvalue weighted by Gasteiger charge is -2.05. The van der Waals surface area contributed by atoms with E-state index in [1.165, 1.54) is 23.8 Å². The molecule has 0 atom stereocenters. The Bertz CT molecular complexity index is 798. The zero-order valence-electron chi connectivity index (χ0n) is 12.9. The van der Waals surface area contributed by atoms with Crippen LogP contribution >= 0.6 is 11.3 Å². The van der Waals surface area contributed by atoms with Crippen LogP contribution in [0.4, 0.5) is 5.13 Å². The van der Waals surface area contributed by atoms with Gasteiger partial charge in [0.2, 0.25) is 0 Å². The van der Waals surface area contributed by atoms with Gasteiger partial charge in [0, 0.05) is 17.9 Å². The van der Waals surface area contributed by atoms with E-state index in [0.717, 1.165) is 22.1 Å². The van der Waals surface area contributed by atoms with Gasteiger partial charge in [-0.2, -0.15) is 4.57 Å². The molecular weight excluding hydrogens is 372 g/mol. The number of carbonyl (C=O) groups excluding carboxylic acids is 1. The molecule has 0 fully saturated rings. The van der Waals surface area contributed by atoms with Crippen molar-refractivity contribution in [2.24, 2.45) is 0 Å². The van der Waals surface area contributed by atoms with Crippen LogP contribution in [0.1, 0.15) is 12.5 Å². The van der Waals surface area contributed by atoms with Crippen LogP contribution in [0, 0.1) is 6.92 Å². The van der Waals surface area contributed by atoms with E-state index in [-0.39, 0.29) is 22.9 Å². The maximum absolute atomic E-state index is 11.5. The standard InChI is InChI=1S/C18H16N2OS.BrH/c1-13-8-10-16(11-9-13)20-17(15-6-4-3-5-7-15)12-22-18(20)19-14(2)21;/h3-12H,1-2H3;1H. The third-order valence-corrected chi connectivity index (χ3v) is 4.22. The number of nitrogens with zero attached hydrogens (tertiary/aromatic N) is 1. The lowest BCUT2D eigenvalue weighted by molar-refractivity contribution is -0.563. The molecule has 0 spiro atoms. The minimum Gasteiger partial charge on any atom is -1.00 e. The fourth-order valence-corrected chi connectivity index (χ4v) is 3.30. The molecule has 0 aliphatic heterocycles. The highest BCUT2D eigenvalue weighted by Gasteiger charge is 2.22. The molecule has 2 aromatic carbocycles. The summed E-state index contributed by atoms with van der Waals surface area (Å²) >= 11 is 1.53. The smallest absolute Gasteiger partial charge is 0.346 e. The molecule has 3 rings (SSSR count). The minimum atomic E-state index is -0.0673. The van der Waals surface area contributed by atoms with Gasteiger partial charge >= 0.3 is 11.0 Å². The zero-order valence-corrected chi connectivity index (χ0v) is 15.3. The highest BCUT2D eigenvalue weighted by molar-refractivity contribution is 7.13. The number of halogens is 1. The first-order valence-corrected chi connectivity index (χ1v) is 7.97. The molecule has 0 unspecified atom stereocenters. The van der Waals surface area contributed by atoms with Crippen LogP contribution in [0.3, 0.4) is 0 Å². The number of hydrogen-bond donors (Lipinski definition) is 1. The number of aryl methyl sites for hydroxylation is 1. The maximum atomic E-state index is 11.5. The van der Waals surface area contributed by atoms with Gasteiger partial charge in [-0.15, -0.1) is 0 Å². The second kappa shape index (κ2) is 7.53. The van der Waals surface area contributed by atoms with E-state index in [1.807, 2.05) is 18.2 Å². The second-order valence-electron chi connectivity index (χ2n) is 5.14. The van der Waals surface area contributed by atoms with Gasteiger partial charge in [0.25, 0.3) is 0 Å². The van der Waals surface area contributed by atoms with E-state index in [0.29, 0.717) is 0 Å². The van der Waals surface area contributed by atoms with Crippen molar-refractivity contribution in [3.8, 4) is 16.9 Å². The molecule has 0 aliphatic carbocycles. The fraction of sp³-hybridized carbons (Fsp3) is 0.111. The lowest BCUT2D eigenvalue weighted by Crippen LogP contribution is -3.00. The van der Waals surface area contributed by atoms with Gasteiger partial charge < -0.3 is 17.0 Å². The van der Waals surface area contributed by atoms with Crippen molar-refractivity contribution in [1.29, 1.82) is 0 Å². The average Bonchev–Trinajstić information content (AvgIpc) is 2.92. The number of nitrogens with one attached hydrogen (secondary N) is 1. The second-order valence-corrected chi connectivity index (χ2v) is 6.00. The molecule has 1 amide bonds. The monoisotopic (exact) mass is 388 g/mol. The maximum Gasteiger partial charge on any atom is 0.346 e. The number of thiazole rings is 1. The van der Waals surface area contributed by atoms with Crippen LogP contribution in [-0.4, -0.2) is 5.91 Å². The third-order valence-electron chi connectivity index (χ3n) is 3.37. The van der Waals surface area contributed by atoms with Crippen LogP contribution < -0.4 is 26.9 Å². The Morgan fingerprint density at radius 1 is 1.04 bits per heavy atom. The molecule has 0 saturated carbocycles. The number of benzene rings is 2. The van der Waals surface area contributed by atoms with E-state index in [1.54, 1.807) is 0 Å². The molecule has 1 aromatic heterocycles. The van der Waals surface area contributed by atoms with Crippen molar-refractivity contribution in [1.82, 2.24) is 0 Å². The summed E-state index contributed by atoms with van der Waals surface area (Å²) in [5, 5.41) is 5.80. The number of anilines is 1. The van der Waals surface area contributed by atoms with Crippen LogP contribution in [0.25, 0.3) is 16.9 Å². The Balaban J connectivity index is 0.00000192. The van der Waals surface area contributed by atoms with Gasteiger partial charge in [0.05, 0.1) is 0 Å². The van der Waals surface area contributed by atoms with Crippen LogP contribution in [0.5, 0.6) is 0 Å². The Labute approximate surface area is 150 Å². The first-order valence-electron chi connectivity index (χ1n) is 7.09. The summed E-state index contributed by atoms with van der Waals surface area (Å²) in [6.45, 7) is 3.59. The Hall–Kier alpha value is -1.98. The average molecular weight is 389 g/mol. The highest BCUT2D eigenvalue weighted by Crippen LogP contribution is 2.25. The zero-order chi connectivity index (χ0) is 15.5. The summed E-state index contributed by atoms with van der Waals surface area (Å²) in [7, 11) is 0. The first-order chi connectivity index (χ1) is 10.6. The summed E-state index contributed by atoms with van der Waals surface area (Å²) in [5.41, 5.74) is 4.44. The summed E-state index contributed by atoms with van der Waals surface area (Å²) in [5.74, 6) is -0.0673. The quantitative estimate of drug-likeness (QED) is 0.666. The molecule has 1 N–H and O–H groups in total. The van der Waals surface area contributed by atoms with Crippen molar-refractivity contribution in [2.45, 2.75) is 13.8 Å². The molecule has 3 aromatic rings. The molecule has 118 valence electrons.